The summed E-state index contributed by atoms with van der Waals surface area (Å²) < 4.78 is 13.2. The summed E-state index contributed by atoms with van der Waals surface area (Å²) in [5.74, 6) is -0.600. The normalized spacial score (nSPS) is 18.3. The van der Waals surface area contributed by atoms with E-state index >= 15 is 0 Å². The Balaban J connectivity index is 1.40. The molecule has 2 aromatic rings. The molecule has 0 spiro atoms. The van der Waals surface area contributed by atoms with Crippen molar-refractivity contribution in [3.05, 3.63) is 57.9 Å². The van der Waals surface area contributed by atoms with Crippen LogP contribution in [0.15, 0.2) is 24.3 Å². The summed E-state index contributed by atoms with van der Waals surface area (Å²) in [6.45, 7) is 5.28. The lowest BCUT2D eigenvalue weighted by Crippen LogP contribution is -2.18. The van der Waals surface area contributed by atoms with Gasteiger partial charge in [0.05, 0.1) is 11.7 Å². The fourth-order valence-corrected chi connectivity index (χ4v) is 4.35. The van der Waals surface area contributed by atoms with E-state index in [-0.39, 0.29) is 18.5 Å². The maximum atomic E-state index is 12.7. The van der Waals surface area contributed by atoms with Crippen molar-refractivity contribution in [3.63, 3.8) is 0 Å². The van der Waals surface area contributed by atoms with Gasteiger partial charge in [0.25, 0.3) is 0 Å². The summed E-state index contributed by atoms with van der Waals surface area (Å²) in [4.78, 5) is 25.0. The Morgan fingerprint density at radius 2 is 1.96 bits per heavy atom. The smallest absolute Gasteiger partial charge is 0.338 e. The van der Waals surface area contributed by atoms with Crippen molar-refractivity contribution in [2.24, 2.45) is 0 Å². The van der Waals surface area contributed by atoms with Crippen molar-refractivity contribution < 1.29 is 19.1 Å². The Kier molecular flexibility index (Phi) is 5.36. The number of carbonyl (C=O) groups excluding carboxylic acids is 2. The third-order valence-corrected chi connectivity index (χ3v) is 5.95. The van der Waals surface area contributed by atoms with E-state index in [1.165, 1.54) is 11.1 Å². The number of rotatable bonds is 6. The Morgan fingerprint density at radius 3 is 2.75 bits per heavy atom. The summed E-state index contributed by atoms with van der Waals surface area (Å²) in [5.41, 5.74) is 5.62. The number of fused-ring (bicyclic) bond motifs is 1. The number of esters is 1. The molecule has 0 amide bonds. The second-order valence-corrected chi connectivity index (χ2v) is 7.87. The van der Waals surface area contributed by atoms with Gasteiger partial charge in [-0.3, -0.25) is 4.79 Å². The van der Waals surface area contributed by atoms with Crippen LogP contribution in [-0.4, -0.2) is 35.6 Å². The SMILES string of the molecule is Cc1cc(C(=O)COC(=O)c2ccc3c(c2)CCC3)c(C)n1C[C@H]1CCCO1. The predicted molar refractivity (Wildman–Crippen MR) is 106 cm³/mol. The van der Waals surface area contributed by atoms with Crippen LogP contribution in [0.25, 0.3) is 0 Å². The van der Waals surface area contributed by atoms with Gasteiger partial charge in [-0.1, -0.05) is 6.07 Å². The van der Waals surface area contributed by atoms with Crippen molar-refractivity contribution in [2.75, 3.05) is 13.2 Å². The number of Topliss-reactive ketones (excluding diaryl/α,β-unsaturated/α-hetero) is 1. The molecule has 2 aliphatic rings. The number of aryl methyl sites for hydroxylation is 3. The first kappa shape index (κ1) is 18.9. The van der Waals surface area contributed by atoms with Crippen LogP contribution in [0.1, 0.15) is 62.5 Å². The molecule has 5 nitrogen and oxygen atoms in total. The van der Waals surface area contributed by atoms with E-state index in [1.807, 2.05) is 32.0 Å². The lowest BCUT2D eigenvalue weighted by Gasteiger charge is -2.14. The van der Waals surface area contributed by atoms with Crippen LogP contribution < -0.4 is 0 Å². The lowest BCUT2D eigenvalue weighted by atomic mass is 10.1. The van der Waals surface area contributed by atoms with Gasteiger partial charge in [-0.15, -0.1) is 0 Å². The maximum absolute atomic E-state index is 12.7. The van der Waals surface area contributed by atoms with Crippen LogP contribution in [0.2, 0.25) is 0 Å². The summed E-state index contributed by atoms with van der Waals surface area (Å²) >= 11 is 0. The fourth-order valence-electron chi connectivity index (χ4n) is 4.35. The molecule has 0 saturated carbocycles. The minimum Gasteiger partial charge on any atom is -0.454 e. The van der Waals surface area contributed by atoms with Crippen molar-refractivity contribution >= 4 is 11.8 Å². The number of aromatic nitrogens is 1. The van der Waals surface area contributed by atoms with E-state index in [0.29, 0.717) is 11.1 Å². The number of ketones is 1. The molecule has 1 aliphatic carbocycles. The van der Waals surface area contributed by atoms with Gasteiger partial charge in [0.1, 0.15) is 0 Å². The standard InChI is InChI=1S/C23H27NO4/c1-15-11-21(16(2)24(15)13-20-7-4-10-27-20)22(25)14-28-23(26)19-9-8-17-5-3-6-18(17)12-19/h8-9,11-12,20H,3-7,10,13-14H2,1-2H3/t20-/m1/s1. The van der Waals surface area contributed by atoms with Gasteiger partial charge in [-0.05, 0) is 75.3 Å². The Bertz CT molecular complexity index is 906. The number of ether oxygens (including phenoxy) is 2. The Hall–Kier alpha value is -2.40. The highest BCUT2D eigenvalue weighted by Crippen LogP contribution is 2.24. The Morgan fingerprint density at radius 1 is 1.14 bits per heavy atom. The van der Waals surface area contributed by atoms with Crippen molar-refractivity contribution in [1.29, 1.82) is 0 Å². The molecule has 0 bridgehead atoms. The van der Waals surface area contributed by atoms with Gasteiger partial charge in [-0.25, -0.2) is 4.79 Å². The van der Waals surface area contributed by atoms with E-state index in [4.69, 9.17) is 9.47 Å². The summed E-state index contributed by atoms with van der Waals surface area (Å²) in [5, 5.41) is 0. The molecule has 0 N–H and O–H groups in total. The molecule has 2 heterocycles. The molecule has 0 unspecified atom stereocenters. The quantitative estimate of drug-likeness (QED) is 0.564. The van der Waals surface area contributed by atoms with E-state index in [1.54, 1.807) is 6.07 Å². The summed E-state index contributed by atoms with van der Waals surface area (Å²) in [7, 11) is 0. The fraction of sp³-hybridized carbons (Fsp3) is 0.478. The van der Waals surface area contributed by atoms with Gasteiger partial charge >= 0.3 is 5.97 Å². The third-order valence-electron chi connectivity index (χ3n) is 5.95. The first-order valence-electron chi connectivity index (χ1n) is 10.1. The average molecular weight is 381 g/mol. The number of nitrogens with zero attached hydrogens (tertiary/aromatic N) is 1. The van der Waals surface area contributed by atoms with E-state index in [2.05, 4.69) is 4.57 Å². The molecular weight excluding hydrogens is 354 g/mol. The number of benzene rings is 1. The van der Waals surface area contributed by atoms with Gasteiger partial charge in [0, 0.05) is 30.1 Å². The van der Waals surface area contributed by atoms with Gasteiger partial charge in [0.2, 0.25) is 5.78 Å². The molecule has 1 saturated heterocycles. The Labute approximate surface area is 165 Å². The zero-order valence-corrected chi connectivity index (χ0v) is 16.6. The van der Waals surface area contributed by atoms with Crippen LogP contribution in [0.3, 0.4) is 0 Å². The zero-order chi connectivity index (χ0) is 19.7. The molecule has 28 heavy (non-hydrogen) atoms. The zero-order valence-electron chi connectivity index (χ0n) is 16.6. The van der Waals surface area contributed by atoms with Crippen LogP contribution in [0.5, 0.6) is 0 Å². The van der Waals surface area contributed by atoms with Crippen LogP contribution in [-0.2, 0) is 28.9 Å². The van der Waals surface area contributed by atoms with Gasteiger partial charge < -0.3 is 14.0 Å². The van der Waals surface area contributed by atoms with Crippen LogP contribution in [0.4, 0.5) is 0 Å². The second kappa shape index (κ2) is 7.92. The molecule has 5 heteroatoms. The molecule has 0 radical (unpaired) electrons. The topological polar surface area (TPSA) is 57.5 Å². The molecule has 1 aromatic carbocycles. The monoisotopic (exact) mass is 381 g/mol. The van der Waals surface area contributed by atoms with Crippen molar-refractivity contribution in [2.45, 2.75) is 58.6 Å². The van der Waals surface area contributed by atoms with E-state index in [9.17, 15) is 9.59 Å². The second-order valence-electron chi connectivity index (χ2n) is 7.87. The number of carbonyl (C=O) groups is 2. The number of hydrogen-bond donors (Lipinski definition) is 0. The van der Waals surface area contributed by atoms with E-state index in [0.717, 1.165) is 56.6 Å². The molecule has 1 aliphatic heterocycles. The van der Waals surface area contributed by atoms with Gasteiger partial charge in [-0.2, -0.15) is 0 Å². The first-order chi connectivity index (χ1) is 13.5. The average Bonchev–Trinajstić information content (AvgIpc) is 3.42. The summed E-state index contributed by atoms with van der Waals surface area (Å²) in [6.07, 6.45) is 5.57. The highest BCUT2D eigenvalue weighted by atomic mass is 16.5. The lowest BCUT2D eigenvalue weighted by molar-refractivity contribution is 0.0474. The third kappa shape index (κ3) is 3.76. The largest absolute Gasteiger partial charge is 0.454 e. The molecule has 1 aromatic heterocycles. The first-order valence-corrected chi connectivity index (χ1v) is 10.1. The van der Waals surface area contributed by atoms with Crippen molar-refractivity contribution in [1.82, 2.24) is 4.57 Å². The highest BCUT2D eigenvalue weighted by Gasteiger charge is 2.22. The minimum absolute atomic E-state index is 0.166. The minimum atomic E-state index is -0.434. The van der Waals surface area contributed by atoms with Crippen molar-refractivity contribution in [3.8, 4) is 0 Å². The summed E-state index contributed by atoms with van der Waals surface area (Å²) in [6, 6.07) is 7.59. The molecular formula is C23H27NO4. The predicted octanol–water partition coefficient (Wildman–Crippen LogP) is 3.81. The molecule has 1 fully saturated rings. The van der Waals surface area contributed by atoms with Crippen LogP contribution >= 0.6 is 0 Å². The highest BCUT2D eigenvalue weighted by molar-refractivity contribution is 6.00. The molecule has 148 valence electrons. The van der Waals surface area contributed by atoms with E-state index < -0.39 is 5.97 Å². The number of hydrogen-bond acceptors (Lipinski definition) is 4. The van der Waals surface area contributed by atoms with Crippen LogP contribution in [0, 0.1) is 13.8 Å². The molecule has 1 atom stereocenters. The van der Waals surface area contributed by atoms with Gasteiger partial charge in [0.15, 0.2) is 6.61 Å². The molecule has 4 rings (SSSR count). The maximum Gasteiger partial charge on any atom is 0.338 e.